The first-order valence-electron chi connectivity index (χ1n) is 12.4. The van der Waals surface area contributed by atoms with Crippen molar-refractivity contribution in [2.75, 3.05) is 33.9 Å². The van der Waals surface area contributed by atoms with Crippen molar-refractivity contribution < 1.29 is 27.8 Å². The Labute approximate surface area is 209 Å². The highest BCUT2D eigenvalue weighted by Gasteiger charge is 2.30. The number of carbonyl (C=O) groups is 1. The van der Waals surface area contributed by atoms with E-state index in [0.29, 0.717) is 36.2 Å². The highest BCUT2D eigenvalue weighted by atomic mass is 19.3. The number of ether oxygens (including phenoxy) is 3. The fraction of sp³-hybridized carbons (Fsp3) is 0.481. The average molecular weight is 500 g/mol. The Hall–Kier alpha value is -3.04. The van der Waals surface area contributed by atoms with Gasteiger partial charge >= 0.3 is 6.61 Å². The lowest BCUT2D eigenvalue weighted by molar-refractivity contribution is -0.0502. The number of halogens is 2. The quantitative estimate of drug-likeness (QED) is 0.330. The van der Waals surface area contributed by atoms with Crippen LogP contribution in [0.3, 0.4) is 0 Å². The van der Waals surface area contributed by atoms with Crippen molar-refractivity contribution in [2.45, 2.75) is 44.8 Å². The third kappa shape index (κ3) is 5.08. The van der Waals surface area contributed by atoms with Gasteiger partial charge in [-0.15, -0.1) is 0 Å². The van der Waals surface area contributed by atoms with Crippen LogP contribution in [-0.2, 0) is 4.74 Å². The first kappa shape index (κ1) is 24.6. The lowest BCUT2D eigenvalue weighted by atomic mass is 10.00. The van der Waals surface area contributed by atoms with Gasteiger partial charge < -0.3 is 14.2 Å². The Balaban J connectivity index is 1.50. The first-order valence-corrected chi connectivity index (χ1v) is 12.4. The number of nitrogens with zero attached hydrogens (tertiary/aromatic N) is 3. The molecular formula is C27H31F2N3O4. The predicted molar refractivity (Wildman–Crippen MR) is 131 cm³/mol. The van der Waals surface area contributed by atoms with Gasteiger partial charge in [-0.25, -0.2) is 4.98 Å². The summed E-state index contributed by atoms with van der Waals surface area (Å²) < 4.78 is 44.1. The number of pyridine rings is 1. The maximum absolute atomic E-state index is 13.3. The average Bonchev–Trinajstić information content (AvgIpc) is 3.38. The first-order chi connectivity index (χ1) is 17.5. The van der Waals surface area contributed by atoms with Crippen molar-refractivity contribution >= 4 is 11.4 Å². The van der Waals surface area contributed by atoms with Gasteiger partial charge in [-0.3, -0.25) is 14.1 Å². The molecule has 0 radical (unpaired) electrons. The largest absolute Gasteiger partial charge is 0.496 e. The van der Waals surface area contributed by atoms with Crippen molar-refractivity contribution in [3.05, 3.63) is 47.8 Å². The smallest absolute Gasteiger partial charge is 0.387 e. The lowest BCUT2D eigenvalue weighted by Gasteiger charge is -2.24. The molecule has 1 saturated heterocycles. The SMILES string of the molecule is COCCN1CCCC1c1ccn2c(-c3cc(OC)c(C(=O)CC4CC4)c(OC(F)F)c3)cnc2c1. The van der Waals surface area contributed by atoms with Crippen LogP contribution in [-0.4, -0.2) is 60.6 Å². The van der Waals surface area contributed by atoms with Crippen LogP contribution in [0.25, 0.3) is 16.9 Å². The van der Waals surface area contributed by atoms with Crippen molar-refractivity contribution in [3.8, 4) is 22.8 Å². The zero-order valence-electron chi connectivity index (χ0n) is 20.6. The standard InChI is InChI=1S/C27H31F2N3O4/c1-34-11-10-31-8-3-4-20(31)18-7-9-32-21(16-30-25(32)15-18)19-13-23(35-2)26(22(33)12-17-5-6-17)24(14-19)36-27(28)29/h7,9,13-17,20,27H,3-6,8,10-12H2,1-2H3. The molecule has 1 atom stereocenters. The molecule has 2 aromatic heterocycles. The molecular weight excluding hydrogens is 468 g/mol. The molecule has 0 amide bonds. The minimum atomic E-state index is -3.06. The number of hydrogen-bond donors (Lipinski definition) is 0. The van der Waals surface area contributed by atoms with E-state index in [0.717, 1.165) is 44.4 Å². The van der Waals surface area contributed by atoms with E-state index in [1.807, 2.05) is 10.6 Å². The maximum Gasteiger partial charge on any atom is 0.387 e. The van der Waals surface area contributed by atoms with E-state index in [4.69, 9.17) is 14.2 Å². The fourth-order valence-corrected chi connectivity index (χ4v) is 5.15. The van der Waals surface area contributed by atoms with Crippen LogP contribution in [0.4, 0.5) is 8.78 Å². The van der Waals surface area contributed by atoms with Crippen LogP contribution < -0.4 is 9.47 Å². The lowest BCUT2D eigenvalue weighted by Crippen LogP contribution is -2.27. The number of ketones is 1. The summed E-state index contributed by atoms with van der Waals surface area (Å²) in [5, 5.41) is 0. The third-order valence-corrected chi connectivity index (χ3v) is 7.12. The summed E-state index contributed by atoms with van der Waals surface area (Å²) in [4.78, 5) is 19.9. The van der Waals surface area contributed by atoms with E-state index in [-0.39, 0.29) is 22.8 Å². The molecule has 1 aliphatic heterocycles. The van der Waals surface area contributed by atoms with E-state index < -0.39 is 6.61 Å². The van der Waals surface area contributed by atoms with E-state index >= 15 is 0 Å². The Bertz CT molecular complexity index is 1240. The molecule has 0 bridgehead atoms. The number of Topliss-reactive ketones (excluding diaryl/α,β-unsaturated/α-hetero) is 1. The van der Waals surface area contributed by atoms with Gasteiger partial charge in [0.2, 0.25) is 0 Å². The topological polar surface area (TPSA) is 65.3 Å². The van der Waals surface area contributed by atoms with Gasteiger partial charge in [0, 0.05) is 37.9 Å². The van der Waals surface area contributed by atoms with Crippen LogP contribution in [0, 0.1) is 5.92 Å². The third-order valence-electron chi connectivity index (χ3n) is 7.12. The zero-order valence-corrected chi connectivity index (χ0v) is 20.6. The van der Waals surface area contributed by atoms with Crippen LogP contribution in [0.1, 0.15) is 54.1 Å². The minimum absolute atomic E-state index is 0.0712. The van der Waals surface area contributed by atoms with Crippen molar-refractivity contribution in [2.24, 2.45) is 5.92 Å². The van der Waals surface area contributed by atoms with Gasteiger partial charge in [0.15, 0.2) is 5.78 Å². The number of methoxy groups -OCH3 is 2. The van der Waals surface area contributed by atoms with Gasteiger partial charge in [0.1, 0.15) is 22.7 Å². The fourth-order valence-electron chi connectivity index (χ4n) is 5.15. The molecule has 2 aliphatic rings. The number of alkyl halides is 2. The monoisotopic (exact) mass is 499 g/mol. The second-order valence-electron chi connectivity index (χ2n) is 9.52. The predicted octanol–water partition coefficient (Wildman–Crippen LogP) is 5.38. The molecule has 36 heavy (non-hydrogen) atoms. The molecule has 1 unspecified atom stereocenters. The Kier molecular flexibility index (Phi) is 7.20. The van der Waals surface area contributed by atoms with Gasteiger partial charge in [-0.2, -0.15) is 8.78 Å². The molecule has 2 fully saturated rings. The molecule has 1 aliphatic carbocycles. The molecule has 1 saturated carbocycles. The van der Waals surface area contributed by atoms with Gasteiger partial charge in [0.25, 0.3) is 0 Å². The number of rotatable bonds is 11. The van der Waals surface area contributed by atoms with Crippen molar-refractivity contribution in [1.82, 2.24) is 14.3 Å². The number of hydrogen-bond acceptors (Lipinski definition) is 6. The van der Waals surface area contributed by atoms with Crippen LogP contribution in [0.2, 0.25) is 0 Å². The molecule has 3 aromatic rings. The second kappa shape index (κ2) is 10.5. The minimum Gasteiger partial charge on any atom is -0.496 e. The molecule has 5 rings (SSSR count). The summed E-state index contributed by atoms with van der Waals surface area (Å²) >= 11 is 0. The summed E-state index contributed by atoms with van der Waals surface area (Å²) in [5.41, 5.74) is 3.28. The number of benzene rings is 1. The highest BCUT2D eigenvalue weighted by Crippen LogP contribution is 2.41. The van der Waals surface area contributed by atoms with E-state index in [9.17, 15) is 13.6 Å². The molecule has 192 valence electrons. The summed E-state index contributed by atoms with van der Waals surface area (Å²) in [5.74, 6) is 0.116. The maximum atomic E-state index is 13.3. The molecule has 0 N–H and O–H groups in total. The summed E-state index contributed by atoms with van der Waals surface area (Å²) in [6.07, 6.45) is 8.12. The summed E-state index contributed by atoms with van der Waals surface area (Å²) in [7, 11) is 3.14. The number of carbonyl (C=O) groups excluding carboxylic acids is 1. The molecule has 3 heterocycles. The number of aromatic nitrogens is 2. The van der Waals surface area contributed by atoms with Crippen molar-refractivity contribution in [1.29, 1.82) is 0 Å². The number of fused-ring (bicyclic) bond motifs is 1. The summed E-state index contributed by atoms with van der Waals surface area (Å²) in [6.45, 7) is -0.451. The van der Waals surface area contributed by atoms with Crippen molar-refractivity contribution in [3.63, 3.8) is 0 Å². The van der Waals surface area contributed by atoms with Crippen LogP contribution >= 0.6 is 0 Å². The number of likely N-dealkylation sites (tertiary alicyclic amines) is 1. The zero-order chi connectivity index (χ0) is 25.2. The Morgan fingerprint density at radius 2 is 1.97 bits per heavy atom. The van der Waals surface area contributed by atoms with E-state index in [1.165, 1.54) is 18.7 Å². The molecule has 9 heteroatoms. The molecule has 7 nitrogen and oxygen atoms in total. The van der Waals surface area contributed by atoms with E-state index in [1.54, 1.807) is 19.4 Å². The van der Waals surface area contributed by atoms with Crippen LogP contribution in [0.15, 0.2) is 36.7 Å². The molecule has 1 aromatic carbocycles. The Morgan fingerprint density at radius 3 is 2.69 bits per heavy atom. The van der Waals surface area contributed by atoms with E-state index in [2.05, 4.69) is 22.0 Å². The van der Waals surface area contributed by atoms with Gasteiger partial charge in [0.05, 0.1) is 25.6 Å². The highest BCUT2D eigenvalue weighted by molar-refractivity contribution is 6.02. The molecule has 0 spiro atoms. The number of imidazole rings is 1. The Morgan fingerprint density at radius 1 is 1.17 bits per heavy atom. The van der Waals surface area contributed by atoms with Gasteiger partial charge in [-0.05, 0) is 68.0 Å². The second-order valence-corrected chi connectivity index (χ2v) is 9.52. The van der Waals surface area contributed by atoms with Gasteiger partial charge in [-0.1, -0.05) is 0 Å². The van der Waals surface area contributed by atoms with Crippen LogP contribution in [0.5, 0.6) is 11.5 Å². The summed E-state index contributed by atoms with van der Waals surface area (Å²) in [6, 6.07) is 7.64. The normalized spacial score (nSPS) is 18.3.